The van der Waals surface area contributed by atoms with Crippen molar-refractivity contribution in [3.63, 3.8) is 0 Å². The van der Waals surface area contributed by atoms with Crippen molar-refractivity contribution in [1.29, 1.82) is 0 Å². The van der Waals surface area contributed by atoms with Gasteiger partial charge in [-0.1, -0.05) is 24.6 Å². The average Bonchev–Trinajstić information content (AvgIpc) is 2.85. The normalized spacial score (nSPS) is 12.6. The summed E-state index contributed by atoms with van der Waals surface area (Å²) in [6.45, 7) is 9.72. The van der Waals surface area contributed by atoms with Crippen molar-refractivity contribution in [3.05, 3.63) is 51.0 Å². The molecule has 2 nitrogen and oxygen atoms in total. The summed E-state index contributed by atoms with van der Waals surface area (Å²) >= 11 is 1.73. The monoisotopic (exact) mass is 274 g/mol. The standard InChI is InChI=1S/C16H22N2S/c1-5-18-15(16-9-17-10-19-16)8-14-12(3)6-11(2)7-13(14)4/h6-7,9-10,15,18H,5,8H2,1-4H3. The van der Waals surface area contributed by atoms with Crippen LogP contribution in [0.1, 0.15) is 40.1 Å². The summed E-state index contributed by atoms with van der Waals surface area (Å²) in [5.74, 6) is 0. The molecule has 102 valence electrons. The van der Waals surface area contributed by atoms with Crippen LogP contribution in [-0.2, 0) is 6.42 Å². The van der Waals surface area contributed by atoms with Crippen molar-refractivity contribution >= 4 is 11.3 Å². The van der Waals surface area contributed by atoms with Crippen molar-refractivity contribution in [3.8, 4) is 0 Å². The quantitative estimate of drug-likeness (QED) is 0.892. The molecule has 0 radical (unpaired) electrons. The molecule has 0 fully saturated rings. The van der Waals surface area contributed by atoms with E-state index in [2.05, 4.69) is 50.1 Å². The molecular formula is C16H22N2S. The van der Waals surface area contributed by atoms with Crippen LogP contribution in [0.5, 0.6) is 0 Å². The summed E-state index contributed by atoms with van der Waals surface area (Å²) in [5.41, 5.74) is 7.51. The van der Waals surface area contributed by atoms with Gasteiger partial charge in [-0.25, -0.2) is 0 Å². The third kappa shape index (κ3) is 3.43. The van der Waals surface area contributed by atoms with Crippen LogP contribution in [0.25, 0.3) is 0 Å². The highest BCUT2D eigenvalue weighted by Crippen LogP contribution is 2.26. The lowest BCUT2D eigenvalue weighted by atomic mass is 9.94. The summed E-state index contributed by atoms with van der Waals surface area (Å²) in [5, 5.41) is 3.57. The molecule has 0 aliphatic carbocycles. The van der Waals surface area contributed by atoms with Crippen molar-refractivity contribution < 1.29 is 0 Å². The summed E-state index contributed by atoms with van der Waals surface area (Å²) in [4.78, 5) is 5.53. The first-order valence-electron chi connectivity index (χ1n) is 6.80. The summed E-state index contributed by atoms with van der Waals surface area (Å²) in [6.07, 6.45) is 3.02. The highest BCUT2D eigenvalue weighted by atomic mass is 32.1. The largest absolute Gasteiger partial charge is 0.309 e. The molecule has 0 aliphatic heterocycles. The summed E-state index contributed by atoms with van der Waals surface area (Å²) in [6, 6.07) is 4.92. The second-order valence-electron chi connectivity index (χ2n) is 5.10. The molecule has 3 heteroatoms. The van der Waals surface area contributed by atoms with Crippen LogP contribution in [0, 0.1) is 20.8 Å². The van der Waals surface area contributed by atoms with E-state index in [1.165, 1.54) is 27.1 Å². The highest BCUT2D eigenvalue weighted by Gasteiger charge is 2.15. The number of aryl methyl sites for hydroxylation is 3. The predicted molar refractivity (Wildman–Crippen MR) is 82.9 cm³/mol. The molecule has 1 heterocycles. The maximum absolute atomic E-state index is 4.20. The molecular weight excluding hydrogens is 252 g/mol. The zero-order valence-corrected chi connectivity index (χ0v) is 13.0. The Morgan fingerprint density at radius 2 is 1.89 bits per heavy atom. The lowest BCUT2D eigenvalue weighted by Gasteiger charge is -2.19. The van der Waals surface area contributed by atoms with Crippen molar-refractivity contribution in [2.24, 2.45) is 0 Å². The molecule has 2 rings (SSSR count). The molecule has 1 aromatic carbocycles. The van der Waals surface area contributed by atoms with Gasteiger partial charge in [-0.05, 0) is 50.4 Å². The maximum atomic E-state index is 4.20. The summed E-state index contributed by atoms with van der Waals surface area (Å²) < 4.78 is 0. The number of nitrogens with zero attached hydrogens (tertiary/aromatic N) is 1. The second-order valence-corrected chi connectivity index (χ2v) is 6.01. The van der Waals surface area contributed by atoms with Gasteiger partial charge in [-0.3, -0.25) is 4.98 Å². The molecule has 19 heavy (non-hydrogen) atoms. The molecule has 0 spiro atoms. The third-order valence-electron chi connectivity index (χ3n) is 3.49. The lowest BCUT2D eigenvalue weighted by Crippen LogP contribution is -2.22. The van der Waals surface area contributed by atoms with Gasteiger partial charge in [0, 0.05) is 17.1 Å². The Bertz CT molecular complexity index is 509. The SMILES string of the molecule is CCNC(Cc1c(C)cc(C)cc1C)c1cncs1. The molecule has 1 N–H and O–H groups in total. The number of nitrogens with one attached hydrogen (secondary N) is 1. The van der Waals surface area contributed by atoms with E-state index in [9.17, 15) is 0 Å². The van der Waals surface area contributed by atoms with E-state index in [1.807, 2.05) is 11.7 Å². The Hall–Kier alpha value is -1.19. The zero-order chi connectivity index (χ0) is 13.8. The fourth-order valence-corrected chi connectivity index (χ4v) is 3.35. The first-order valence-corrected chi connectivity index (χ1v) is 7.68. The van der Waals surface area contributed by atoms with Crippen LogP contribution >= 0.6 is 11.3 Å². The van der Waals surface area contributed by atoms with Gasteiger partial charge in [-0.15, -0.1) is 11.3 Å². The Morgan fingerprint density at radius 3 is 2.42 bits per heavy atom. The molecule has 1 unspecified atom stereocenters. The van der Waals surface area contributed by atoms with Crippen molar-refractivity contribution in [1.82, 2.24) is 10.3 Å². The van der Waals surface area contributed by atoms with Crippen LogP contribution in [0.3, 0.4) is 0 Å². The predicted octanol–water partition coefficient (Wildman–Crippen LogP) is 3.96. The minimum Gasteiger partial charge on any atom is -0.309 e. The van der Waals surface area contributed by atoms with Gasteiger partial charge in [0.2, 0.25) is 0 Å². The molecule has 2 aromatic rings. The Kier molecular flexibility index (Phi) is 4.72. The zero-order valence-electron chi connectivity index (χ0n) is 12.2. The van der Waals surface area contributed by atoms with Gasteiger partial charge in [0.1, 0.15) is 0 Å². The Morgan fingerprint density at radius 1 is 1.21 bits per heavy atom. The minimum absolute atomic E-state index is 0.373. The fraction of sp³-hybridized carbons (Fsp3) is 0.438. The summed E-state index contributed by atoms with van der Waals surface area (Å²) in [7, 11) is 0. The van der Waals surface area contributed by atoms with Gasteiger partial charge in [0.15, 0.2) is 0 Å². The van der Waals surface area contributed by atoms with E-state index in [-0.39, 0.29) is 0 Å². The minimum atomic E-state index is 0.373. The first-order chi connectivity index (χ1) is 9.11. The number of likely N-dealkylation sites (N-methyl/N-ethyl adjacent to an activating group) is 1. The first kappa shape index (κ1) is 14.2. The fourth-order valence-electron chi connectivity index (χ4n) is 2.65. The number of hydrogen-bond donors (Lipinski definition) is 1. The topological polar surface area (TPSA) is 24.9 Å². The Balaban J connectivity index is 2.27. The molecule has 0 amide bonds. The van der Waals surface area contributed by atoms with Crippen LogP contribution in [0.15, 0.2) is 23.8 Å². The van der Waals surface area contributed by atoms with E-state index in [0.717, 1.165) is 13.0 Å². The third-order valence-corrected chi connectivity index (χ3v) is 4.38. The van der Waals surface area contributed by atoms with Gasteiger partial charge < -0.3 is 5.32 Å². The number of thiazole rings is 1. The van der Waals surface area contributed by atoms with E-state index in [1.54, 1.807) is 11.3 Å². The van der Waals surface area contributed by atoms with Gasteiger partial charge in [0.05, 0.1) is 5.51 Å². The van der Waals surface area contributed by atoms with Crippen LogP contribution < -0.4 is 5.32 Å². The number of rotatable bonds is 5. The van der Waals surface area contributed by atoms with E-state index in [4.69, 9.17) is 0 Å². The smallest absolute Gasteiger partial charge is 0.0794 e. The van der Waals surface area contributed by atoms with Crippen LogP contribution in [0.4, 0.5) is 0 Å². The molecule has 1 atom stereocenters. The number of benzene rings is 1. The lowest BCUT2D eigenvalue weighted by molar-refractivity contribution is 0.555. The van der Waals surface area contributed by atoms with E-state index < -0.39 is 0 Å². The van der Waals surface area contributed by atoms with E-state index >= 15 is 0 Å². The van der Waals surface area contributed by atoms with Crippen LogP contribution in [0.2, 0.25) is 0 Å². The molecule has 0 bridgehead atoms. The van der Waals surface area contributed by atoms with Gasteiger partial charge in [-0.2, -0.15) is 0 Å². The Labute approximate surface area is 119 Å². The average molecular weight is 274 g/mol. The molecule has 0 saturated carbocycles. The van der Waals surface area contributed by atoms with Gasteiger partial charge in [0.25, 0.3) is 0 Å². The molecule has 1 aromatic heterocycles. The molecule has 0 saturated heterocycles. The highest BCUT2D eigenvalue weighted by molar-refractivity contribution is 7.09. The second kappa shape index (κ2) is 6.31. The number of hydrogen-bond acceptors (Lipinski definition) is 3. The van der Waals surface area contributed by atoms with Crippen molar-refractivity contribution in [2.45, 2.75) is 40.2 Å². The van der Waals surface area contributed by atoms with Gasteiger partial charge >= 0.3 is 0 Å². The van der Waals surface area contributed by atoms with Crippen molar-refractivity contribution in [2.75, 3.05) is 6.54 Å². The maximum Gasteiger partial charge on any atom is 0.0794 e. The van der Waals surface area contributed by atoms with E-state index in [0.29, 0.717) is 6.04 Å². The van der Waals surface area contributed by atoms with Crippen LogP contribution in [-0.4, -0.2) is 11.5 Å². The molecule has 0 aliphatic rings. The number of aromatic nitrogens is 1.